The third kappa shape index (κ3) is 6.20. The standard InChI is InChI=1S/C30H28O4/c1-31-27-17-15-23(19-29(27)33-21-25-9-5-3-6-10-25)13-14-24-16-18-28(32-2)30(20-24)34-22-26-11-7-4-8-12-26/h3-20H,21-22H2,1-2H3/b14-13+. The van der Waals surface area contributed by atoms with E-state index < -0.39 is 0 Å². The summed E-state index contributed by atoms with van der Waals surface area (Å²) in [6.45, 7) is 0.954. The molecule has 4 nitrogen and oxygen atoms in total. The molecule has 0 heterocycles. The third-order valence-electron chi connectivity index (χ3n) is 5.32. The summed E-state index contributed by atoms with van der Waals surface area (Å²) in [5, 5.41) is 0. The summed E-state index contributed by atoms with van der Waals surface area (Å²) in [5.74, 6) is 2.81. The second kappa shape index (κ2) is 11.6. The first-order valence-electron chi connectivity index (χ1n) is 11.1. The minimum atomic E-state index is 0.477. The van der Waals surface area contributed by atoms with Crippen molar-refractivity contribution in [3.63, 3.8) is 0 Å². The maximum absolute atomic E-state index is 6.03. The minimum Gasteiger partial charge on any atom is -0.493 e. The number of rotatable bonds is 10. The van der Waals surface area contributed by atoms with Gasteiger partial charge in [0.05, 0.1) is 14.2 Å². The van der Waals surface area contributed by atoms with Gasteiger partial charge in [-0.1, -0.05) is 84.9 Å². The van der Waals surface area contributed by atoms with Gasteiger partial charge in [0, 0.05) is 0 Å². The Balaban J connectivity index is 1.48. The van der Waals surface area contributed by atoms with E-state index in [9.17, 15) is 0 Å². The van der Waals surface area contributed by atoms with Gasteiger partial charge in [-0.2, -0.15) is 0 Å². The zero-order chi connectivity index (χ0) is 23.6. The van der Waals surface area contributed by atoms with E-state index in [4.69, 9.17) is 18.9 Å². The number of hydrogen-bond acceptors (Lipinski definition) is 4. The molecule has 0 saturated heterocycles. The molecule has 4 rings (SSSR count). The Morgan fingerprint density at radius 2 is 0.912 bits per heavy atom. The highest BCUT2D eigenvalue weighted by molar-refractivity contribution is 5.72. The van der Waals surface area contributed by atoms with E-state index in [0.717, 1.165) is 22.3 Å². The van der Waals surface area contributed by atoms with E-state index in [1.54, 1.807) is 14.2 Å². The zero-order valence-electron chi connectivity index (χ0n) is 19.4. The SMILES string of the molecule is COc1ccc(/C=C/c2ccc(OC)c(OCc3ccccc3)c2)cc1OCc1ccccc1. The molecule has 4 heteroatoms. The van der Waals surface area contributed by atoms with Crippen molar-refractivity contribution < 1.29 is 18.9 Å². The van der Waals surface area contributed by atoms with Crippen molar-refractivity contribution in [3.05, 3.63) is 119 Å². The molecule has 0 atom stereocenters. The molecule has 34 heavy (non-hydrogen) atoms. The smallest absolute Gasteiger partial charge is 0.162 e. The molecule has 0 bridgehead atoms. The second-order valence-corrected chi connectivity index (χ2v) is 7.70. The van der Waals surface area contributed by atoms with E-state index in [1.165, 1.54) is 0 Å². The predicted octanol–water partition coefficient (Wildman–Crippen LogP) is 7.03. The maximum atomic E-state index is 6.03. The summed E-state index contributed by atoms with van der Waals surface area (Å²) in [6, 6.07) is 32.0. The molecule has 0 aliphatic rings. The summed E-state index contributed by atoms with van der Waals surface area (Å²) in [6.07, 6.45) is 4.08. The lowest BCUT2D eigenvalue weighted by atomic mass is 10.1. The zero-order valence-corrected chi connectivity index (χ0v) is 19.4. The van der Waals surface area contributed by atoms with Gasteiger partial charge in [-0.3, -0.25) is 0 Å². The highest BCUT2D eigenvalue weighted by Gasteiger charge is 2.07. The molecule has 0 amide bonds. The van der Waals surface area contributed by atoms with Crippen molar-refractivity contribution in [2.24, 2.45) is 0 Å². The van der Waals surface area contributed by atoms with E-state index in [-0.39, 0.29) is 0 Å². The fraction of sp³-hybridized carbons (Fsp3) is 0.133. The van der Waals surface area contributed by atoms with Gasteiger partial charge in [0.15, 0.2) is 23.0 Å². The Labute approximate surface area is 201 Å². The van der Waals surface area contributed by atoms with Crippen LogP contribution in [0.2, 0.25) is 0 Å². The lowest BCUT2D eigenvalue weighted by Gasteiger charge is -2.12. The van der Waals surface area contributed by atoms with Gasteiger partial charge in [0.1, 0.15) is 13.2 Å². The van der Waals surface area contributed by atoms with Crippen LogP contribution in [0.5, 0.6) is 23.0 Å². The summed E-state index contributed by atoms with van der Waals surface area (Å²) in [4.78, 5) is 0. The molecular formula is C30H28O4. The first kappa shape index (κ1) is 23.0. The van der Waals surface area contributed by atoms with Crippen molar-refractivity contribution in [2.45, 2.75) is 13.2 Å². The average molecular weight is 453 g/mol. The van der Waals surface area contributed by atoms with Crippen molar-refractivity contribution in [1.29, 1.82) is 0 Å². The van der Waals surface area contributed by atoms with Crippen molar-refractivity contribution >= 4 is 12.2 Å². The van der Waals surface area contributed by atoms with Crippen molar-refractivity contribution in [1.82, 2.24) is 0 Å². The summed E-state index contributed by atoms with van der Waals surface area (Å²) in [7, 11) is 3.29. The second-order valence-electron chi connectivity index (χ2n) is 7.70. The molecule has 0 aliphatic heterocycles. The van der Waals surface area contributed by atoms with Crippen LogP contribution in [0, 0.1) is 0 Å². The van der Waals surface area contributed by atoms with Crippen LogP contribution in [0.1, 0.15) is 22.3 Å². The van der Waals surface area contributed by atoms with Gasteiger partial charge >= 0.3 is 0 Å². The third-order valence-corrected chi connectivity index (χ3v) is 5.32. The molecule has 0 spiro atoms. The van der Waals surface area contributed by atoms with Crippen LogP contribution in [0.4, 0.5) is 0 Å². The maximum Gasteiger partial charge on any atom is 0.162 e. The quantitative estimate of drug-likeness (QED) is 0.242. The molecule has 0 unspecified atom stereocenters. The highest BCUT2D eigenvalue weighted by Crippen LogP contribution is 2.31. The molecule has 0 N–H and O–H groups in total. The Hall–Kier alpha value is -4.18. The fourth-order valence-electron chi connectivity index (χ4n) is 3.48. The average Bonchev–Trinajstić information content (AvgIpc) is 2.90. The van der Waals surface area contributed by atoms with Crippen LogP contribution in [0.25, 0.3) is 12.2 Å². The summed E-state index contributed by atoms with van der Waals surface area (Å²) >= 11 is 0. The van der Waals surface area contributed by atoms with Gasteiger partial charge in [0.2, 0.25) is 0 Å². The first-order chi connectivity index (χ1) is 16.7. The molecule has 0 fully saturated rings. The molecular weight excluding hydrogens is 424 g/mol. The van der Waals surface area contributed by atoms with Gasteiger partial charge in [-0.25, -0.2) is 0 Å². The monoisotopic (exact) mass is 452 g/mol. The van der Waals surface area contributed by atoms with Gasteiger partial charge in [-0.05, 0) is 46.5 Å². The van der Waals surface area contributed by atoms with Crippen LogP contribution in [0.3, 0.4) is 0 Å². The van der Waals surface area contributed by atoms with Gasteiger partial charge < -0.3 is 18.9 Å². The molecule has 4 aromatic rings. The molecule has 172 valence electrons. The number of hydrogen-bond donors (Lipinski definition) is 0. The number of methoxy groups -OCH3 is 2. The molecule has 0 saturated carbocycles. The van der Waals surface area contributed by atoms with E-state index in [1.807, 2.05) is 109 Å². The van der Waals surface area contributed by atoms with E-state index in [0.29, 0.717) is 36.2 Å². The molecule has 0 aliphatic carbocycles. The normalized spacial score (nSPS) is 10.8. The highest BCUT2D eigenvalue weighted by atomic mass is 16.5. The first-order valence-corrected chi connectivity index (χ1v) is 11.1. The molecule has 0 radical (unpaired) electrons. The van der Waals surface area contributed by atoms with Crippen LogP contribution in [0.15, 0.2) is 97.1 Å². The molecule has 4 aromatic carbocycles. The Kier molecular flexibility index (Phi) is 7.86. The fourth-order valence-corrected chi connectivity index (χ4v) is 3.48. The Morgan fingerprint density at radius 1 is 0.500 bits per heavy atom. The van der Waals surface area contributed by atoms with Crippen molar-refractivity contribution in [2.75, 3.05) is 14.2 Å². The van der Waals surface area contributed by atoms with Crippen LogP contribution in [-0.2, 0) is 13.2 Å². The topological polar surface area (TPSA) is 36.9 Å². The Bertz CT molecular complexity index is 1120. The number of benzene rings is 4. The Morgan fingerprint density at radius 3 is 1.29 bits per heavy atom. The van der Waals surface area contributed by atoms with Gasteiger partial charge in [0.25, 0.3) is 0 Å². The van der Waals surface area contributed by atoms with Gasteiger partial charge in [-0.15, -0.1) is 0 Å². The lowest BCUT2D eigenvalue weighted by Crippen LogP contribution is -1.98. The molecule has 0 aromatic heterocycles. The van der Waals surface area contributed by atoms with Crippen LogP contribution in [-0.4, -0.2) is 14.2 Å². The van der Waals surface area contributed by atoms with E-state index in [2.05, 4.69) is 0 Å². The number of ether oxygens (including phenoxy) is 4. The van der Waals surface area contributed by atoms with E-state index >= 15 is 0 Å². The van der Waals surface area contributed by atoms with Crippen molar-refractivity contribution in [3.8, 4) is 23.0 Å². The van der Waals surface area contributed by atoms with Crippen LogP contribution < -0.4 is 18.9 Å². The summed E-state index contributed by atoms with van der Waals surface area (Å²) in [5.41, 5.74) is 4.22. The minimum absolute atomic E-state index is 0.477. The largest absolute Gasteiger partial charge is 0.493 e. The lowest BCUT2D eigenvalue weighted by molar-refractivity contribution is 0.284. The summed E-state index contributed by atoms with van der Waals surface area (Å²) < 4.78 is 23.0. The predicted molar refractivity (Wildman–Crippen MR) is 136 cm³/mol. The van der Waals surface area contributed by atoms with Crippen LogP contribution >= 0.6 is 0 Å².